The Labute approximate surface area is 111 Å². The van der Waals surface area contributed by atoms with E-state index in [0.29, 0.717) is 25.5 Å². The van der Waals surface area contributed by atoms with Crippen LogP contribution in [0.1, 0.15) is 12.6 Å². The maximum absolute atomic E-state index is 11.1. The highest BCUT2D eigenvalue weighted by molar-refractivity contribution is 5.58. The van der Waals surface area contributed by atoms with E-state index in [0.717, 1.165) is 5.69 Å². The van der Waals surface area contributed by atoms with Crippen molar-refractivity contribution in [2.45, 2.75) is 26.0 Å². The third kappa shape index (κ3) is 2.99. The van der Waals surface area contributed by atoms with Crippen molar-refractivity contribution >= 4 is 11.5 Å². The lowest BCUT2D eigenvalue weighted by molar-refractivity contribution is -0.384. The summed E-state index contributed by atoms with van der Waals surface area (Å²) in [4.78, 5) is 16.8. The topological polar surface area (TPSA) is 94.5 Å². The van der Waals surface area contributed by atoms with E-state index in [2.05, 4.69) is 4.98 Å². The van der Waals surface area contributed by atoms with Crippen LogP contribution in [-0.4, -0.2) is 41.7 Å². The Balaban J connectivity index is 2.30. The van der Waals surface area contributed by atoms with Gasteiger partial charge in [0, 0.05) is 30.9 Å². The molecule has 0 bridgehead atoms. The molecular formula is C12H18N4O3. The molecule has 104 valence electrons. The molecule has 1 saturated heterocycles. The summed E-state index contributed by atoms with van der Waals surface area (Å²) in [7, 11) is 0. The van der Waals surface area contributed by atoms with Crippen molar-refractivity contribution in [3.8, 4) is 0 Å². The fraction of sp³-hybridized carbons (Fsp3) is 0.583. The summed E-state index contributed by atoms with van der Waals surface area (Å²) in [5.74, 6) is 0.402. The SMILES string of the molecule is Cc1ccc([N+](=O)[O-])c(N2CCOC(C(C)N)C2)n1. The van der Waals surface area contributed by atoms with Crippen LogP contribution >= 0.6 is 0 Å². The number of rotatable bonds is 3. The summed E-state index contributed by atoms with van der Waals surface area (Å²) in [5.41, 5.74) is 6.61. The number of hydrogen-bond acceptors (Lipinski definition) is 6. The highest BCUT2D eigenvalue weighted by atomic mass is 16.6. The summed E-state index contributed by atoms with van der Waals surface area (Å²) < 4.78 is 5.56. The van der Waals surface area contributed by atoms with Gasteiger partial charge >= 0.3 is 5.69 Å². The van der Waals surface area contributed by atoms with E-state index in [1.165, 1.54) is 6.07 Å². The van der Waals surface area contributed by atoms with Crippen molar-refractivity contribution in [2.75, 3.05) is 24.6 Å². The van der Waals surface area contributed by atoms with Gasteiger partial charge in [-0.05, 0) is 19.9 Å². The first kappa shape index (κ1) is 13.7. The van der Waals surface area contributed by atoms with Crippen molar-refractivity contribution in [1.82, 2.24) is 4.98 Å². The van der Waals surface area contributed by atoms with Gasteiger partial charge in [0.05, 0.1) is 17.6 Å². The van der Waals surface area contributed by atoms with Crippen molar-refractivity contribution in [3.63, 3.8) is 0 Å². The van der Waals surface area contributed by atoms with Crippen LogP contribution in [0.15, 0.2) is 12.1 Å². The second-order valence-corrected chi connectivity index (χ2v) is 4.77. The molecule has 2 unspecified atom stereocenters. The first-order valence-corrected chi connectivity index (χ1v) is 6.23. The standard InChI is InChI=1S/C12H18N4O3/c1-8-3-4-10(16(17)18)12(14-8)15-5-6-19-11(7-15)9(2)13/h3-4,9,11H,5-7,13H2,1-2H3. The Hall–Kier alpha value is -1.73. The van der Waals surface area contributed by atoms with Crippen molar-refractivity contribution in [1.29, 1.82) is 0 Å². The van der Waals surface area contributed by atoms with Gasteiger partial charge < -0.3 is 15.4 Å². The monoisotopic (exact) mass is 266 g/mol. The molecule has 2 atom stereocenters. The molecule has 19 heavy (non-hydrogen) atoms. The van der Waals surface area contributed by atoms with E-state index in [9.17, 15) is 10.1 Å². The molecule has 7 heteroatoms. The highest BCUT2D eigenvalue weighted by Crippen LogP contribution is 2.27. The van der Waals surface area contributed by atoms with Crippen LogP contribution in [0.5, 0.6) is 0 Å². The molecule has 0 spiro atoms. The molecule has 0 aromatic carbocycles. The molecule has 2 heterocycles. The average Bonchev–Trinajstić information content (AvgIpc) is 2.38. The molecule has 0 radical (unpaired) electrons. The van der Waals surface area contributed by atoms with Gasteiger partial charge in [-0.3, -0.25) is 10.1 Å². The van der Waals surface area contributed by atoms with E-state index < -0.39 is 4.92 Å². The first-order valence-electron chi connectivity index (χ1n) is 6.23. The lowest BCUT2D eigenvalue weighted by Crippen LogP contribution is -2.50. The number of anilines is 1. The van der Waals surface area contributed by atoms with Crippen molar-refractivity contribution < 1.29 is 9.66 Å². The van der Waals surface area contributed by atoms with Gasteiger partial charge in [0.15, 0.2) is 0 Å². The summed E-state index contributed by atoms with van der Waals surface area (Å²) in [6.07, 6.45) is -0.129. The second-order valence-electron chi connectivity index (χ2n) is 4.77. The van der Waals surface area contributed by atoms with Gasteiger partial charge in [-0.2, -0.15) is 0 Å². The van der Waals surface area contributed by atoms with Crippen LogP contribution in [0.25, 0.3) is 0 Å². The van der Waals surface area contributed by atoms with E-state index in [1.807, 2.05) is 18.7 Å². The molecule has 0 saturated carbocycles. The molecule has 1 fully saturated rings. The number of morpholine rings is 1. The molecule has 1 aliphatic rings. The normalized spacial score (nSPS) is 21.2. The van der Waals surface area contributed by atoms with E-state index in [-0.39, 0.29) is 17.8 Å². The van der Waals surface area contributed by atoms with Gasteiger partial charge in [0.1, 0.15) is 0 Å². The largest absolute Gasteiger partial charge is 0.373 e. The third-order valence-electron chi connectivity index (χ3n) is 3.17. The zero-order valence-electron chi connectivity index (χ0n) is 11.1. The second kappa shape index (κ2) is 5.50. The predicted octanol–water partition coefficient (Wildman–Crippen LogP) is 0.851. The molecule has 0 aliphatic carbocycles. The van der Waals surface area contributed by atoms with Crippen LogP contribution < -0.4 is 10.6 Å². The molecule has 7 nitrogen and oxygen atoms in total. The van der Waals surface area contributed by atoms with Gasteiger partial charge in [-0.15, -0.1) is 0 Å². The minimum atomic E-state index is -0.405. The zero-order chi connectivity index (χ0) is 14.0. The van der Waals surface area contributed by atoms with Gasteiger partial charge in [-0.1, -0.05) is 0 Å². The summed E-state index contributed by atoms with van der Waals surface area (Å²) in [6, 6.07) is 3.02. The van der Waals surface area contributed by atoms with Gasteiger partial charge in [0.2, 0.25) is 5.82 Å². The molecule has 1 aromatic heterocycles. The molecule has 1 aromatic rings. The number of hydrogen-bond donors (Lipinski definition) is 1. The van der Waals surface area contributed by atoms with E-state index in [4.69, 9.17) is 10.5 Å². The Morgan fingerprint density at radius 2 is 2.37 bits per heavy atom. The van der Waals surface area contributed by atoms with Gasteiger partial charge in [0.25, 0.3) is 0 Å². The number of pyridine rings is 1. The smallest absolute Gasteiger partial charge is 0.311 e. The molecule has 2 rings (SSSR count). The fourth-order valence-electron chi connectivity index (χ4n) is 2.10. The van der Waals surface area contributed by atoms with E-state index >= 15 is 0 Å². The molecule has 0 amide bonds. The van der Waals surface area contributed by atoms with E-state index in [1.54, 1.807) is 6.07 Å². The highest BCUT2D eigenvalue weighted by Gasteiger charge is 2.28. The third-order valence-corrected chi connectivity index (χ3v) is 3.17. The fourth-order valence-corrected chi connectivity index (χ4v) is 2.10. The number of nitro groups is 1. The lowest BCUT2D eigenvalue weighted by Gasteiger charge is -2.35. The summed E-state index contributed by atoms with van der Waals surface area (Å²) in [5, 5.41) is 11.1. The van der Waals surface area contributed by atoms with Crippen LogP contribution in [0, 0.1) is 17.0 Å². The summed E-state index contributed by atoms with van der Waals surface area (Å²) >= 11 is 0. The van der Waals surface area contributed by atoms with Crippen LogP contribution in [-0.2, 0) is 4.74 Å². The minimum absolute atomic E-state index is 0.0240. The summed E-state index contributed by atoms with van der Waals surface area (Å²) in [6.45, 7) is 5.29. The Morgan fingerprint density at radius 3 is 3.00 bits per heavy atom. The number of aryl methyl sites for hydroxylation is 1. The number of ether oxygens (including phenoxy) is 1. The van der Waals surface area contributed by atoms with Crippen molar-refractivity contribution in [3.05, 3.63) is 27.9 Å². The minimum Gasteiger partial charge on any atom is -0.373 e. The molecule has 2 N–H and O–H groups in total. The average molecular weight is 266 g/mol. The molecule has 1 aliphatic heterocycles. The molecular weight excluding hydrogens is 248 g/mol. The first-order chi connectivity index (χ1) is 8.99. The zero-order valence-corrected chi connectivity index (χ0v) is 11.1. The number of nitrogens with two attached hydrogens (primary N) is 1. The number of aromatic nitrogens is 1. The lowest BCUT2D eigenvalue weighted by atomic mass is 10.1. The van der Waals surface area contributed by atoms with Crippen molar-refractivity contribution in [2.24, 2.45) is 5.73 Å². The Morgan fingerprint density at radius 1 is 1.63 bits per heavy atom. The maximum Gasteiger partial charge on any atom is 0.311 e. The Bertz CT molecular complexity index is 478. The van der Waals surface area contributed by atoms with Crippen LogP contribution in [0.2, 0.25) is 0 Å². The maximum atomic E-state index is 11.1. The predicted molar refractivity (Wildman–Crippen MR) is 71.2 cm³/mol. The van der Waals surface area contributed by atoms with Gasteiger partial charge in [-0.25, -0.2) is 4.98 Å². The van der Waals surface area contributed by atoms with Crippen LogP contribution in [0.4, 0.5) is 11.5 Å². The number of nitrogens with zero attached hydrogens (tertiary/aromatic N) is 3. The quantitative estimate of drug-likeness (QED) is 0.643. The Kier molecular flexibility index (Phi) is 3.96. The van der Waals surface area contributed by atoms with Crippen LogP contribution in [0.3, 0.4) is 0 Å².